The molecule has 0 spiro atoms. The van der Waals surface area contributed by atoms with Gasteiger partial charge in [0, 0.05) is 38.6 Å². The molecule has 0 amide bonds. The fraction of sp³-hybridized carbons (Fsp3) is 0.267. The highest BCUT2D eigenvalue weighted by Crippen LogP contribution is 2.34. The Morgan fingerprint density at radius 3 is 2.95 bits per heavy atom. The molecule has 0 aliphatic carbocycles. The average Bonchev–Trinajstić information content (AvgIpc) is 3.00. The summed E-state index contributed by atoms with van der Waals surface area (Å²) in [5.74, 6) is 0. The molecule has 0 bridgehead atoms. The normalized spacial score (nSPS) is 12.9. The molecule has 0 radical (unpaired) electrons. The molecule has 2 nitrogen and oxygen atoms in total. The van der Waals surface area contributed by atoms with Gasteiger partial charge in [0.2, 0.25) is 0 Å². The van der Waals surface area contributed by atoms with Gasteiger partial charge in [0.1, 0.15) is 0 Å². The van der Waals surface area contributed by atoms with Gasteiger partial charge in [-0.1, -0.05) is 13.0 Å². The summed E-state index contributed by atoms with van der Waals surface area (Å²) in [6.45, 7) is 3.13. The van der Waals surface area contributed by atoms with E-state index in [9.17, 15) is 0 Å². The van der Waals surface area contributed by atoms with Gasteiger partial charge in [0.05, 0.1) is 0 Å². The highest BCUT2D eigenvalue weighted by Gasteiger charge is 2.15. The first kappa shape index (κ1) is 12.8. The van der Waals surface area contributed by atoms with Crippen LogP contribution in [0.25, 0.3) is 9.40 Å². The molecule has 0 aromatic carbocycles. The fourth-order valence-electron chi connectivity index (χ4n) is 2.20. The lowest BCUT2D eigenvalue weighted by molar-refractivity contribution is 0.552. The average molecular weight is 288 g/mol. The number of thiophene rings is 2. The molecule has 0 saturated heterocycles. The Kier molecular flexibility index (Phi) is 3.92. The van der Waals surface area contributed by atoms with Crippen LogP contribution in [0.5, 0.6) is 0 Å². The van der Waals surface area contributed by atoms with Crippen molar-refractivity contribution in [2.24, 2.45) is 0 Å². The van der Waals surface area contributed by atoms with E-state index >= 15 is 0 Å². The van der Waals surface area contributed by atoms with E-state index in [0.29, 0.717) is 6.04 Å². The smallest absolute Gasteiger partial charge is 0.0471 e. The van der Waals surface area contributed by atoms with Crippen LogP contribution in [0.2, 0.25) is 0 Å². The van der Waals surface area contributed by atoms with Crippen molar-refractivity contribution in [3.8, 4) is 0 Å². The second-order valence-corrected chi connectivity index (χ2v) is 6.50. The lowest BCUT2D eigenvalue weighted by Gasteiger charge is -2.15. The van der Waals surface area contributed by atoms with Crippen molar-refractivity contribution in [2.75, 3.05) is 6.54 Å². The predicted molar refractivity (Wildman–Crippen MR) is 84.1 cm³/mol. The minimum absolute atomic E-state index is 0.365. The van der Waals surface area contributed by atoms with E-state index in [1.54, 1.807) is 0 Å². The van der Waals surface area contributed by atoms with Crippen LogP contribution in [-0.4, -0.2) is 11.5 Å². The van der Waals surface area contributed by atoms with Gasteiger partial charge in [-0.2, -0.15) is 0 Å². The number of hydrogen-bond acceptors (Lipinski definition) is 4. The van der Waals surface area contributed by atoms with Crippen LogP contribution in [0, 0.1) is 0 Å². The molecule has 19 heavy (non-hydrogen) atoms. The summed E-state index contributed by atoms with van der Waals surface area (Å²) in [4.78, 5) is 5.85. The van der Waals surface area contributed by atoms with Crippen molar-refractivity contribution >= 4 is 32.1 Å². The molecule has 0 aliphatic rings. The molecule has 0 aliphatic heterocycles. The van der Waals surface area contributed by atoms with Gasteiger partial charge in [0.15, 0.2) is 0 Å². The van der Waals surface area contributed by atoms with E-state index in [1.165, 1.54) is 14.3 Å². The first-order valence-electron chi connectivity index (χ1n) is 6.47. The van der Waals surface area contributed by atoms with Crippen LogP contribution in [-0.2, 0) is 6.42 Å². The SMILES string of the molecule is CCNC(Cc1ccccn1)c1cc2sccc2s1. The molecule has 3 aromatic rings. The maximum atomic E-state index is 4.44. The fourth-order valence-corrected chi connectivity index (χ4v) is 4.40. The topological polar surface area (TPSA) is 24.9 Å². The number of hydrogen-bond donors (Lipinski definition) is 1. The number of fused-ring (bicyclic) bond motifs is 1. The van der Waals surface area contributed by atoms with Gasteiger partial charge in [-0.25, -0.2) is 0 Å². The third-order valence-corrected chi connectivity index (χ3v) is 5.30. The molecular formula is C15H16N2S2. The van der Waals surface area contributed by atoms with Crippen molar-refractivity contribution in [3.05, 3.63) is 52.5 Å². The van der Waals surface area contributed by atoms with Gasteiger partial charge >= 0.3 is 0 Å². The predicted octanol–water partition coefficient (Wildman–Crippen LogP) is 4.25. The Bertz CT molecular complexity index is 614. The summed E-state index contributed by atoms with van der Waals surface area (Å²) >= 11 is 3.71. The van der Waals surface area contributed by atoms with Gasteiger partial charge < -0.3 is 5.32 Å². The lowest BCUT2D eigenvalue weighted by atomic mass is 10.1. The summed E-state index contributed by atoms with van der Waals surface area (Å²) < 4.78 is 2.79. The number of nitrogens with one attached hydrogen (secondary N) is 1. The summed E-state index contributed by atoms with van der Waals surface area (Å²) in [6, 6.07) is 11.0. The summed E-state index contributed by atoms with van der Waals surface area (Å²) in [5, 5.41) is 5.73. The molecule has 0 fully saturated rings. The standard InChI is InChI=1S/C15H16N2S2/c1-2-16-12(9-11-5-3-4-7-17-11)14-10-15-13(19-14)6-8-18-15/h3-8,10,12,16H,2,9H2,1H3. The zero-order valence-electron chi connectivity index (χ0n) is 10.8. The van der Waals surface area contributed by atoms with E-state index in [1.807, 2.05) is 34.9 Å². The Balaban J connectivity index is 1.86. The number of aromatic nitrogens is 1. The van der Waals surface area contributed by atoms with E-state index < -0.39 is 0 Å². The number of likely N-dealkylation sites (N-methyl/N-ethyl adjacent to an activating group) is 1. The zero-order chi connectivity index (χ0) is 13.1. The lowest BCUT2D eigenvalue weighted by Crippen LogP contribution is -2.22. The largest absolute Gasteiger partial charge is 0.309 e. The highest BCUT2D eigenvalue weighted by atomic mass is 32.1. The molecule has 4 heteroatoms. The minimum atomic E-state index is 0.365. The van der Waals surface area contributed by atoms with Crippen LogP contribution in [0.3, 0.4) is 0 Å². The van der Waals surface area contributed by atoms with E-state index in [0.717, 1.165) is 18.7 Å². The molecule has 3 heterocycles. The van der Waals surface area contributed by atoms with Crippen molar-refractivity contribution in [2.45, 2.75) is 19.4 Å². The molecule has 3 rings (SSSR count). The van der Waals surface area contributed by atoms with E-state index in [-0.39, 0.29) is 0 Å². The summed E-state index contributed by atoms with van der Waals surface area (Å²) in [7, 11) is 0. The Morgan fingerprint density at radius 1 is 1.26 bits per heavy atom. The van der Waals surface area contributed by atoms with Crippen LogP contribution < -0.4 is 5.32 Å². The zero-order valence-corrected chi connectivity index (χ0v) is 12.4. The molecule has 1 unspecified atom stereocenters. The first-order chi connectivity index (χ1) is 9.36. The summed E-state index contributed by atoms with van der Waals surface area (Å²) in [5.41, 5.74) is 1.14. The first-order valence-corrected chi connectivity index (χ1v) is 8.16. The number of pyridine rings is 1. The van der Waals surface area contributed by atoms with Crippen LogP contribution >= 0.6 is 22.7 Å². The molecule has 1 N–H and O–H groups in total. The molecule has 3 aromatic heterocycles. The quantitative estimate of drug-likeness (QED) is 0.759. The molecule has 98 valence electrons. The third-order valence-electron chi connectivity index (χ3n) is 3.09. The monoisotopic (exact) mass is 288 g/mol. The molecule has 1 atom stereocenters. The maximum Gasteiger partial charge on any atom is 0.0471 e. The van der Waals surface area contributed by atoms with Crippen LogP contribution in [0.4, 0.5) is 0 Å². The van der Waals surface area contributed by atoms with Crippen molar-refractivity contribution in [1.82, 2.24) is 10.3 Å². The van der Waals surface area contributed by atoms with Gasteiger partial charge in [-0.15, -0.1) is 22.7 Å². The second kappa shape index (κ2) is 5.82. The van der Waals surface area contributed by atoms with Crippen molar-refractivity contribution < 1.29 is 0 Å². The van der Waals surface area contributed by atoms with Gasteiger partial charge in [-0.05, 0) is 36.2 Å². The van der Waals surface area contributed by atoms with Crippen molar-refractivity contribution in [1.29, 1.82) is 0 Å². The second-order valence-electron chi connectivity index (χ2n) is 4.43. The maximum absolute atomic E-state index is 4.44. The Labute approximate surface area is 121 Å². The van der Waals surface area contributed by atoms with Crippen molar-refractivity contribution in [3.63, 3.8) is 0 Å². The van der Waals surface area contributed by atoms with Gasteiger partial charge in [0.25, 0.3) is 0 Å². The third kappa shape index (κ3) is 2.86. The summed E-state index contributed by atoms with van der Waals surface area (Å²) in [6.07, 6.45) is 2.81. The van der Waals surface area contributed by atoms with Gasteiger partial charge in [-0.3, -0.25) is 4.98 Å². The Hall–Kier alpha value is -1.23. The Morgan fingerprint density at radius 2 is 2.21 bits per heavy atom. The number of rotatable bonds is 5. The van der Waals surface area contributed by atoms with Crippen LogP contribution in [0.15, 0.2) is 41.9 Å². The number of nitrogens with zero attached hydrogens (tertiary/aromatic N) is 1. The molecule has 0 saturated carbocycles. The minimum Gasteiger partial charge on any atom is -0.309 e. The van der Waals surface area contributed by atoms with E-state index in [4.69, 9.17) is 0 Å². The molecular weight excluding hydrogens is 272 g/mol. The van der Waals surface area contributed by atoms with Crippen LogP contribution in [0.1, 0.15) is 23.5 Å². The van der Waals surface area contributed by atoms with E-state index in [2.05, 4.69) is 46.9 Å². The highest BCUT2D eigenvalue weighted by molar-refractivity contribution is 7.26.